The standard InChI is InChI=1S/C13H16BrNO2/c1-17-13-3-2-10(14)7-11(13)12(16)6-9-4-5-15-8-9/h2-3,7,9,15H,4-6,8H2,1H3. The predicted molar refractivity (Wildman–Crippen MR) is 70.6 cm³/mol. The van der Waals surface area contributed by atoms with Gasteiger partial charge < -0.3 is 10.1 Å². The molecule has 1 aromatic carbocycles. The molecule has 1 atom stereocenters. The lowest BCUT2D eigenvalue weighted by atomic mass is 9.97. The number of nitrogens with one attached hydrogen (secondary N) is 1. The number of carbonyl (C=O) groups excluding carboxylic acids is 1. The molecule has 2 rings (SSSR count). The lowest BCUT2D eigenvalue weighted by Gasteiger charge is -2.10. The van der Waals surface area contributed by atoms with Gasteiger partial charge in [-0.1, -0.05) is 15.9 Å². The van der Waals surface area contributed by atoms with E-state index in [1.54, 1.807) is 7.11 Å². The first-order valence-electron chi connectivity index (χ1n) is 5.78. The zero-order chi connectivity index (χ0) is 12.3. The van der Waals surface area contributed by atoms with Gasteiger partial charge in [-0.15, -0.1) is 0 Å². The Balaban J connectivity index is 2.14. The van der Waals surface area contributed by atoms with E-state index in [1.165, 1.54) is 0 Å². The molecule has 0 aliphatic carbocycles. The van der Waals surface area contributed by atoms with Crippen LogP contribution in [0.1, 0.15) is 23.2 Å². The van der Waals surface area contributed by atoms with Crippen molar-refractivity contribution in [2.75, 3.05) is 20.2 Å². The Morgan fingerprint density at radius 2 is 2.41 bits per heavy atom. The van der Waals surface area contributed by atoms with Crippen LogP contribution in [0.3, 0.4) is 0 Å². The van der Waals surface area contributed by atoms with Gasteiger partial charge in [0.25, 0.3) is 0 Å². The molecule has 3 nitrogen and oxygen atoms in total. The highest BCUT2D eigenvalue weighted by atomic mass is 79.9. The topological polar surface area (TPSA) is 38.3 Å². The monoisotopic (exact) mass is 297 g/mol. The summed E-state index contributed by atoms with van der Waals surface area (Å²) in [6, 6.07) is 5.54. The number of methoxy groups -OCH3 is 1. The number of hydrogen-bond acceptors (Lipinski definition) is 3. The van der Waals surface area contributed by atoms with E-state index in [1.807, 2.05) is 18.2 Å². The fraction of sp³-hybridized carbons (Fsp3) is 0.462. The van der Waals surface area contributed by atoms with E-state index in [2.05, 4.69) is 21.2 Å². The van der Waals surface area contributed by atoms with Crippen LogP contribution < -0.4 is 10.1 Å². The first-order chi connectivity index (χ1) is 8.20. The van der Waals surface area contributed by atoms with E-state index in [0.29, 0.717) is 23.7 Å². The molecule has 1 heterocycles. The molecule has 0 saturated carbocycles. The molecule has 17 heavy (non-hydrogen) atoms. The van der Waals surface area contributed by atoms with E-state index in [-0.39, 0.29) is 5.78 Å². The summed E-state index contributed by atoms with van der Waals surface area (Å²) in [5.41, 5.74) is 0.675. The Kier molecular flexibility index (Phi) is 4.18. The van der Waals surface area contributed by atoms with Crippen molar-refractivity contribution in [1.82, 2.24) is 5.32 Å². The van der Waals surface area contributed by atoms with Crippen LogP contribution in [0.2, 0.25) is 0 Å². The minimum Gasteiger partial charge on any atom is -0.496 e. The maximum absolute atomic E-state index is 12.2. The third kappa shape index (κ3) is 3.07. The number of carbonyl (C=O) groups is 1. The SMILES string of the molecule is COc1ccc(Br)cc1C(=O)CC1CCNC1. The highest BCUT2D eigenvalue weighted by Crippen LogP contribution is 2.26. The summed E-state index contributed by atoms with van der Waals surface area (Å²) in [5.74, 6) is 1.28. The van der Waals surface area contributed by atoms with Crippen molar-refractivity contribution in [3.05, 3.63) is 28.2 Å². The number of hydrogen-bond donors (Lipinski definition) is 1. The Morgan fingerprint density at radius 3 is 3.06 bits per heavy atom. The maximum atomic E-state index is 12.2. The van der Waals surface area contributed by atoms with Crippen LogP contribution in [0.5, 0.6) is 5.75 Å². The van der Waals surface area contributed by atoms with Gasteiger partial charge in [0, 0.05) is 10.9 Å². The van der Waals surface area contributed by atoms with Crippen LogP contribution in [0, 0.1) is 5.92 Å². The van der Waals surface area contributed by atoms with Gasteiger partial charge in [-0.25, -0.2) is 0 Å². The van der Waals surface area contributed by atoms with E-state index in [9.17, 15) is 4.79 Å². The summed E-state index contributed by atoms with van der Waals surface area (Å²) in [6.45, 7) is 1.97. The average molecular weight is 298 g/mol. The lowest BCUT2D eigenvalue weighted by Crippen LogP contribution is -2.13. The molecule has 1 aromatic rings. The third-order valence-electron chi connectivity index (χ3n) is 3.10. The molecule has 0 spiro atoms. The molecular formula is C13H16BrNO2. The van der Waals surface area contributed by atoms with Gasteiger partial charge in [-0.2, -0.15) is 0 Å². The van der Waals surface area contributed by atoms with Crippen LogP contribution in [0.25, 0.3) is 0 Å². The predicted octanol–water partition coefficient (Wildman–Crippen LogP) is 2.64. The molecule has 1 aliphatic heterocycles. The molecule has 1 aliphatic rings. The third-order valence-corrected chi connectivity index (χ3v) is 3.59. The second kappa shape index (κ2) is 5.65. The quantitative estimate of drug-likeness (QED) is 0.869. The molecule has 0 amide bonds. The van der Waals surface area contributed by atoms with Gasteiger partial charge in [0.05, 0.1) is 12.7 Å². The van der Waals surface area contributed by atoms with Crippen molar-refractivity contribution in [1.29, 1.82) is 0 Å². The van der Waals surface area contributed by atoms with Gasteiger partial charge in [0.1, 0.15) is 5.75 Å². The van der Waals surface area contributed by atoms with E-state index >= 15 is 0 Å². The molecule has 0 bridgehead atoms. The van der Waals surface area contributed by atoms with Crippen molar-refractivity contribution < 1.29 is 9.53 Å². The van der Waals surface area contributed by atoms with Crippen molar-refractivity contribution in [2.24, 2.45) is 5.92 Å². The second-order valence-electron chi connectivity index (χ2n) is 4.33. The summed E-state index contributed by atoms with van der Waals surface area (Å²) in [6.07, 6.45) is 1.68. The van der Waals surface area contributed by atoms with Gasteiger partial charge >= 0.3 is 0 Å². The first-order valence-corrected chi connectivity index (χ1v) is 6.57. The van der Waals surface area contributed by atoms with Gasteiger partial charge in [-0.3, -0.25) is 4.79 Å². The van der Waals surface area contributed by atoms with E-state index < -0.39 is 0 Å². The molecule has 1 saturated heterocycles. The maximum Gasteiger partial charge on any atom is 0.166 e. The number of halogens is 1. The molecule has 1 N–H and O–H groups in total. The summed E-state index contributed by atoms with van der Waals surface area (Å²) < 4.78 is 6.14. The highest BCUT2D eigenvalue weighted by Gasteiger charge is 2.21. The summed E-state index contributed by atoms with van der Waals surface area (Å²) in [7, 11) is 1.59. The number of Topliss-reactive ketones (excluding diaryl/α,β-unsaturated/α-hetero) is 1. The highest BCUT2D eigenvalue weighted by molar-refractivity contribution is 9.10. The van der Waals surface area contributed by atoms with Gasteiger partial charge in [0.2, 0.25) is 0 Å². The average Bonchev–Trinajstić information content (AvgIpc) is 2.81. The van der Waals surface area contributed by atoms with Gasteiger partial charge in [-0.05, 0) is 43.6 Å². The Bertz CT molecular complexity index is 414. The van der Waals surface area contributed by atoms with Crippen LogP contribution in [0.15, 0.2) is 22.7 Å². The van der Waals surface area contributed by atoms with Crippen molar-refractivity contribution in [3.63, 3.8) is 0 Å². The van der Waals surface area contributed by atoms with E-state index in [4.69, 9.17) is 4.74 Å². The van der Waals surface area contributed by atoms with E-state index in [0.717, 1.165) is 24.0 Å². The van der Waals surface area contributed by atoms with Crippen LogP contribution in [0.4, 0.5) is 0 Å². The Labute approximate surface area is 110 Å². The van der Waals surface area contributed by atoms with Crippen LogP contribution in [-0.4, -0.2) is 26.0 Å². The molecular weight excluding hydrogens is 282 g/mol. The minimum absolute atomic E-state index is 0.164. The smallest absolute Gasteiger partial charge is 0.166 e. The fourth-order valence-electron chi connectivity index (χ4n) is 2.16. The van der Waals surface area contributed by atoms with Crippen molar-refractivity contribution in [2.45, 2.75) is 12.8 Å². The summed E-state index contributed by atoms with van der Waals surface area (Å²) in [5, 5.41) is 3.28. The number of rotatable bonds is 4. The molecule has 0 radical (unpaired) electrons. The minimum atomic E-state index is 0.164. The first kappa shape index (κ1) is 12.6. The number of ether oxygens (including phenoxy) is 1. The molecule has 1 unspecified atom stereocenters. The fourth-order valence-corrected chi connectivity index (χ4v) is 2.52. The summed E-state index contributed by atoms with van der Waals surface area (Å²) >= 11 is 3.39. The molecule has 1 fully saturated rings. The van der Waals surface area contributed by atoms with Crippen LogP contribution >= 0.6 is 15.9 Å². The van der Waals surface area contributed by atoms with Gasteiger partial charge in [0.15, 0.2) is 5.78 Å². The zero-order valence-electron chi connectivity index (χ0n) is 9.83. The summed E-state index contributed by atoms with van der Waals surface area (Å²) in [4.78, 5) is 12.2. The Morgan fingerprint density at radius 1 is 1.59 bits per heavy atom. The van der Waals surface area contributed by atoms with Crippen molar-refractivity contribution >= 4 is 21.7 Å². The molecule has 0 aromatic heterocycles. The largest absolute Gasteiger partial charge is 0.496 e. The Hall–Kier alpha value is -0.870. The normalized spacial score (nSPS) is 19.3. The zero-order valence-corrected chi connectivity index (χ0v) is 11.4. The number of benzene rings is 1. The lowest BCUT2D eigenvalue weighted by molar-refractivity contribution is 0.0961. The molecule has 4 heteroatoms. The van der Waals surface area contributed by atoms with Crippen molar-refractivity contribution in [3.8, 4) is 5.75 Å². The molecule has 92 valence electrons. The second-order valence-corrected chi connectivity index (χ2v) is 5.25. The van der Waals surface area contributed by atoms with Crippen LogP contribution in [-0.2, 0) is 0 Å². The number of ketones is 1.